The lowest BCUT2D eigenvalue weighted by Gasteiger charge is -2.23. The van der Waals surface area contributed by atoms with Gasteiger partial charge in [-0.3, -0.25) is 4.79 Å². The number of aromatic nitrogens is 2. The summed E-state index contributed by atoms with van der Waals surface area (Å²) in [4.78, 5) is 24.1. The predicted molar refractivity (Wildman–Crippen MR) is 104 cm³/mol. The van der Waals surface area contributed by atoms with Crippen molar-refractivity contribution in [3.05, 3.63) is 24.3 Å². The molecule has 1 aromatic heterocycles. The molecule has 1 amide bonds. The lowest BCUT2D eigenvalue weighted by Crippen LogP contribution is -2.37. The number of amides is 1. The fourth-order valence-corrected chi connectivity index (χ4v) is 4.03. The number of likely N-dealkylation sites (tertiary alicyclic amines) is 1. The van der Waals surface area contributed by atoms with Gasteiger partial charge in [-0.1, -0.05) is 36.7 Å². The minimum absolute atomic E-state index is 0.172. The molecular weight excluding hydrogens is 332 g/mol. The lowest BCUT2D eigenvalue weighted by atomic mass is 10.2. The highest BCUT2D eigenvalue weighted by atomic mass is 32.2. The Balaban J connectivity index is 1.78. The van der Waals surface area contributed by atoms with Crippen LogP contribution in [0.25, 0.3) is 10.9 Å². The van der Waals surface area contributed by atoms with Crippen LogP contribution in [0.3, 0.4) is 0 Å². The Morgan fingerprint density at radius 3 is 2.64 bits per heavy atom. The standard InChI is InChI=1S/C19H26N4OS/c1-3-20-17-15-10-6-7-11-16(15)21-19(22-17)25-14(2)18(24)23-12-8-4-5-9-13-23/h6-7,10-11,14H,3-5,8-9,12-13H2,1-2H3,(H,20,21,22). The summed E-state index contributed by atoms with van der Waals surface area (Å²) in [6.07, 6.45) is 4.68. The molecule has 0 aliphatic carbocycles. The van der Waals surface area contributed by atoms with Gasteiger partial charge in [0, 0.05) is 25.0 Å². The minimum Gasteiger partial charge on any atom is -0.370 e. The maximum Gasteiger partial charge on any atom is 0.235 e. The molecule has 0 spiro atoms. The van der Waals surface area contributed by atoms with E-state index in [2.05, 4.69) is 22.2 Å². The van der Waals surface area contributed by atoms with E-state index in [1.165, 1.54) is 24.6 Å². The Kier molecular flexibility index (Phi) is 6.13. The second kappa shape index (κ2) is 8.52. The summed E-state index contributed by atoms with van der Waals surface area (Å²) in [5.74, 6) is 1.04. The van der Waals surface area contributed by atoms with Crippen LogP contribution in [0, 0.1) is 0 Å². The van der Waals surface area contributed by atoms with Crippen molar-refractivity contribution in [2.45, 2.75) is 49.9 Å². The van der Waals surface area contributed by atoms with E-state index in [4.69, 9.17) is 0 Å². The van der Waals surface area contributed by atoms with Crippen LogP contribution >= 0.6 is 11.8 Å². The van der Waals surface area contributed by atoms with Crippen LogP contribution in [-0.4, -0.2) is 45.7 Å². The average molecular weight is 359 g/mol. The molecule has 2 heterocycles. The molecule has 1 aromatic carbocycles. The molecule has 0 saturated carbocycles. The summed E-state index contributed by atoms with van der Waals surface area (Å²) in [5.41, 5.74) is 0.908. The Labute approximate surface area is 153 Å². The summed E-state index contributed by atoms with van der Waals surface area (Å²) in [6, 6.07) is 7.98. The normalized spacial score (nSPS) is 16.5. The number of nitrogens with zero attached hydrogens (tertiary/aromatic N) is 3. The molecule has 1 aliphatic rings. The van der Waals surface area contributed by atoms with Crippen molar-refractivity contribution in [3.8, 4) is 0 Å². The second-order valence-corrected chi connectivity index (χ2v) is 7.71. The van der Waals surface area contributed by atoms with E-state index in [0.717, 1.165) is 49.2 Å². The van der Waals surface area contributed by atoms with Crippen molar-refractivity contribution in [1.82, 2.24) is 14.9 Å². The van der Waals surface area contributed by atoms with Gasteiger partial charge in [-0.25, -0.2) is 9.97 Å². The smallest absolute Gasteiger partial charge is 0.235 e. The summed E-state index contributed by atoms with van der Waals surface area (Å²) in [7, 11) is 0. The highest BCUT2D eigenvalue weighted by Gasteiger charge is 2.23. The highest BCUT2D eigenvalue weighted by Crippen LogP contribution is 2.27. The number of fused-ring (bicyclic) bond motifs is 1. The molecule has 25 heavy (non-hydrogen) atoms. The highest BCUT2D eigenvalue weighted by molar-refractivity contribution is 8.00. The van der Waals surface area contributed by atoms with Crippen LogP contribution in [-0.2, 0) is 4.79 Å². The van der Waals surface area contributed by atoms with Gasteiger partial charge in [0.15, 0.2) is 5.16 Å². The van der Waals surface area contributed by atoms with Gasteiger partial charge in [-0.2, -0.15) is 0 Å². The Hall–Kier alpha value is -1.82. The first kappa shape index (κ1) is 18.0. The summed E-state index contributed by atoms with van der Waals surface area (Å²) in [5, 5.41) is 4.80. The SMILES string of the molecule is CCNc1nc(SC(C)C(=O)N2CCCCCC2)nc2ccccc12. The molecule has 1 aliphatic heterocycles. The van der Waals surface area contributed by atoms with E-state index in [9.17, 15) is 4.79 Å². The van der Waals surface area contributed by atoms with Crippen molar-refractivity contribution in [1.29, 1.82) is 0 Å². The van der Waals surface area contributed by atoms with E-state index >= 15 is 0 Å². The van der Waals surface area contributed by atoms with Gasteiger partial charge in [-0.05, 0) is 38.8 Å². The van der Waals surface area contributed by atoms with Crippen molar-refractivity contribution >= 4 is 34.4 Å². The number of carbonyl (C=O) groups excluding carboxylic acids is 1. The maximum atomic E-state index is 12.8. The monoisotopic (exact) mass is 358 g/mol. The number of thioether (sulfide) groups is 1. The van der Waals surface area contributed by atoms with Crippen LogP contribution in [0.15, 0.2) is 29.4 Å². The van der Waals surface area contributed by atoms with Gasteiger partial charge in [-0.15, -0.1) is 0 Å². The van der Waals surface area contributed by atoms with E-state index in [-0.39, 0.29) is 11.2 Å². The quantitative estimate of drug-likeness (QED) is 0.648. The average Bonchev–Trinajstić information content (AvgIpc) is 2.90. The van der Waals surface area contributed by atoms with Gasteiger partial charge in [0.1, 0.15) is 5.82 Å². The van der Waals surface area contributed by atoms with Crippen LogP contribution in [0.2, 0.25) is 0 Å². The van der Waals surface area contributed by atoms with Gasteiger partial charge in [0.05, 0.1) is 10.8 Å². The number of para-hydroxylation sites is 1. The first-order valence-corrected chi connectivity index (χ1v) is 10.0. The fraction of sp³-hybridized carbons (Fsp3) is 0.526. The second-order valence-electron chi connectivity index (χ2n) is 6.40. The number of benzene rings is 1. The van der Waals surface area contributed by atoms with E-state index in [1.807, 2.05) is 36.1 Å². The molecular formula is C19H26N4OS. The summed E-state index contributed by atoms with van der Waals surface area (Å²) in [6.45, 7) is 6.57. The van der Waals surface area contributed by atoms with Crippen molar-refractivity contribution in [3.63, 3.8) is 0 Å². The number of nitrogens with one attached hydrogen (secondary N) is 1. The molecule has 0 bridgehead atoms. The predicted octanol–water partition coefficient (Wildman–Crippen LogP) is 3.94. The van der Waals surface area contributed by atoms with Crippen LogP contribution in [0.4, 0.5) is 5.82 Å². The Morgan fingerprint density at radius 1 is 1.20 bits per heavy atom. The molecule has 1 unspecified atom stereocenters. The molecule has 1 saturated heterocycles. The number of hydrogen-bond acceptors (Lipinski definition) is 5. The van der Waals surface area contributed by atoms with Crippen molar-refractivity contribution < 1.29 is 4.79 Å². The van der Waals surface area contributed by atoms with Gasteiger partial charge >= 0.3 is 0 Å². The minimum atomic E-state index is -0.172. The van der Waals surface area contributed by atoms with E-state index in [0.29, 0.717) is 5.16 Å². The third-order valence-corrected chi connectivity index (χ3v) is 5.42. The van der Waals surface area contributed by atoms with Crippen LogP contribution in [0.1, 0.15) is 39.5 Å². The Bertz CT molecular complexity index is 728. The molecule has 1 N–H and O–H groups in total. The maximum absolute atomic E-state index is 12.8. The number of hydrogen-bond donors (Lipinski definition) is 1. The molecule has 1 atom stereocenters. The third kappa shape index (κ3) is 4.42. The largest absolute Gasteiger partial charge is 0.370 e. The van der Waals surface area contributed by atoms with Gasteiger partial charge in [0.2, 0.25) is 5.91 Å². The number of carbonyl (C=O) groups is 1. The first-order valence-electron chi connectivity index (χ1n) is 9.15. The first-order chi connectivity index (χ1) is 12.2. The molecule has 3 rings (SSSR count). The lowest BCUT2D eigenvalue weighted by molar-refractivity contribution is -0.130. The topological polar surface area (TPSA) is 58.1 Å². The zero-order valence-electron chi connectivity index (χ0n) is 15.0. The molecule has 1 fully saturated rings. The Morgan fingerprint density at radius 2 is 1.92 bits per heavy atom. The fourth-order valence-electron chi connectivity index (χ4n) is 3.17. The van der Waals surface area contributed by atoms with Crippen molar-refractivity contribution in [2.75, 3.05) is 25.0 Å². The summed E-state index contributed by atoms with van der Waals surface area (Å²) < 4.78 is 0. The molecule has 6 heteroatoms. The van der Waals surface area contributed by atoms with E-state index < -0.39 is 0 Å². The number of rotatable bonds is 5. The summed E-state index contributed by atoms with van der Waals surface area (Å²) >= 11 is 1.45. The van der Waals surface area contributed by atoms with Gasteiger partial charge < -0.3 is 10.2 Å². The zero-order valence-corrected chi connectivity index (χ0v) is 15.8. The van der Waals surface area contributed by atoms with Crippen molar-refractivity contribution in [2.24, 2.45) is 0 Å². The van der Waals surface area contributed by atoms with Crippen LogP contribution in [0.5, 0.6) is 0 Å². The molecule has 5 nitrogen and oxygen atoms in total. The molecule has 2 aromatic rings. The molecule has 134 valence electrons. The zero-order chi connectivity index (χ0) is 17.6. The molecule has 0 radical (unpaired) electrons. The van der Waals surface area contributed by atoms with Crippen LogP contribution < -0.4 is 5.32 Å². The van der Waals surface area contributed by atoms with E-state index in [1.54, 1.807) is 0 Å². The van der Waals surface area contributed by atoms with Gasteiger partial charge in [0.25, 0.3) is 0 Å². The third-order valence-electron chi connectivity index (χ3n) is 4.47. The number of anilines is 1.